The van der Waals surface area contributed by atoms with E-state index in [9.17, 15) is 14.4 Å². The number of unbranched alkanes of at least 4 members (excludes halogenated alkanes) is 28. The highest BCUT2D eigenvalue weighted by atomic mass is 16.6. The molecular weight excluding hydrogens is 973 g/mol. The molecule has 0 aliphatic rings. The molecule has 0 saturated heterocycles. The third kappa shape index (κ3) is 64.5. The van der Waals surface area contributed by atoms with Crippen LogP contribution < -0.4 is 0 Å². The normalized spacial score (nSPS) is 12.9. The van der Waals surface area contributed by atoms with Crippen molar-refractivity contribution < 1.29 is 28.6 Å². The Labute approximate surface area is 488 Å². The van der Waals surface area contributed by atoms with E-state index in [1.807, 2.05) is 0 Å². The van der Waals surface area contributed by atoms with E-state index < -0.39 is 6.10 Å². The zero-order chi connectivity index (χ0) is 57.1. The fourth-order valence-corrected chi connectivity index (χ4v) is 8.98. The van der Waals surface area contributed by atoms with Gasteiger partial charge in [-0.2, -0.15) is 0 Å². The van der Waals surface area contributed by atoms with E-state index in [4.69, 9.17) is 14.2 Å². The van der Waals surface area contributed by atoms with Gasteiger partial charge in [0.2, 0.25) is 0 Å². The molecule has 450 valence electrons. The van der Waals surface area contributed by atoms with Gasteiger partial charge in [0.25, 0.3) is 0 Å². The maximum absolute atomic E-state index is 12.9. The molecule has 1 atom stereocenters. The summed E-state index contributed by atoms with van der Waals surface area (Å²) in [6, 6.07) is 0. The van der Waals surface area contributed by atoms with Crippen molar-refractivity contribution >= 4 is 17.9 Å². The van der Waals surface area contributed by atoms with E-state index >= 15 is 0 Å². The highest BCUT2D eigenvalue weighted by Gasteiger charge is 2.19. The molecule has 0 heterocycles. The van der Waals surface area contributed by atoms with Crippen LogP contribution in [-0.2, 0) is 28.6 Å². The van der Waals surface area contributed by atoms with Crippen LogP contribution in [0, 0.1) is 0 Å². The average molecular weight is 1100 g/mol. The predicted octanol–water partition coefficient (Wildman–Crippen LogP) is 22.8. The quantitative estimate of drug-likeness (QED) is 0.0261. The Morgan fingerprint density at radius 2 is 0.494 bits per heavy atom. The molecule has 0 aliphatic carbocycles. The van der Waals surface area contributed by atoms with E-state index in [0.29, 0.717) is 19.3 Å². The minimum absolute atomic E-state index is 0.0942. The molecule has 0 rings (SSSR count). The van der Waals surface area contributed by atoms with Gasteiger partial charge in [-0.05, 0) is 135 Å². The van der Waals surface area contributed by atoms with Crippen LogP contribution in [0.5, 0.6) is 0 Å². The molecular formula is C73H122O6. The zero-order valence-corrected chi connectivity index (χ0v) is 51.6. The summed E-state index contributed by atoms with van der Waals surface area (Å²) in [5.41, 5.74) is 0. The van der Waals surface area contributed by atoms with Crippen LogP contribution >= 0.6 is 0 Å². The first kappa shape index (κ1) is 74.8. The second-order valence-electron chi connectivity index (χ2n) is 21.6. The summed E-state index contributed by atoms with van der Waals surface area (Å²) in [6.07, 6.45) is 91.9. The fraction of sp³-hybridized carbons (Fsp3) is 0.685. The second kappa shape index (κ2) is 66.3. The number of rotatable bonds is 59. The van der Waals surface area contributed by atoms with Gasteiger partial charge < -0.3 is 14.2 Å². The summed E-state index contributed by atoms with van der Waals surface area (Å²) in [6.45, 7) is 6.48. The van der Waals surface area contributed by atoms with Crippen molar-refractivity contribution in [2.24, 2.45) is 0 Å². The van der Waals surface area contributed by atoms with Crippen molar-refractivity contribution in [3.8, 4) is 0 Å². The number of carbonyl (C=O) groups is 3. The first-order chi connectivity index (χ1) is 39.0. The molecule has 0 N–H and O–H groups in total. The fourth-order valence-electron chi connectivity index (χ4n) is 8.98. The zero-order valence-electron chi connectivity index (χ0n) is 51.6. The molecule has 79 heavy (non-hydrogen) atoms. The first-order valence-corrected chi connectivity index (χ1v) is 33.0. The maximum Gasteiger partial charge on any atom is 0.306 e. The van der Waals surface area contributed by atoms with Crippen LogP contribution in [0.1, 0.15) is 303 Å². The molecule has 0 aromatic carbocycles. The number of allylic oxidation sites excluding steroid dienone is 20. The van der Waals surface area contributed by atoms with Crippen LogP contribution in [-0.4, -0.2) is 37.2 Å². The van der Waals surface area contributed by atoms with Gasteiger partial charge in [-0.25, -0.2) is 0 Å². The van der Waals surface area contributed by atoms with Gasteiger partial charge in [-0.3, -0.25) is 14.4 Å². The lowest BCUT2D eigenvalue weighted by Gasteiger charge is -2.18. The van der Waals surface area contributed by atoms with E-state index in [-0.39, 0.29) is 31.1 Å². The largest absolute Gasteiger partial charge is 0.462 e. The van der Waals surface area contributed by atoms with E-state index in [2.05, 4.69) is 142 Å². The molecule has 0 aromatic rings. The number of carbonyl (C=O) groups excluding carboxylic acids is 3. The Kier molecular flexibility index (Phi) is 62.8. The summed E-state index contributed by atoms with van der Waals surface area (Å²) >= 11 is 0. The highest BCUT2D eigenvalue weighted by molar-refractivity contribution is 5.71. The van der Waals surface area contributed by atoms with Gasteiger partial charge >= 0.3 is 17.9 Å². The van der Waals surface area contributed by atoms with E-state index in [1.54, 1.807) is 0 Å². The second-order valence-corrected chi connectivity index (χ2v) is 21.6. The molecule has 1 unspecified atom stereocenters. The lowest BCUT2D eigenvalue weighted by molar-refractivity contribution is -0.167. The van der Waals surface area contributed by atoms with E-state index in [1.165, 1.54) is 135 Å². The van der Waals surface area contributed by atoms with Gasteiger partial charge in [-0.1, -0.05) is 271 Å². The van der Waals surface area contributed by atoms with Gasteiger partial charge in [0.05, 0.1) is 0 Å². The molecule has 6 heteroatoms. The summed E-state index contributed by atoms with van der Waals surface area (Å²) in [5.74, 6) is -0.924. The number of ether oxygens (including phenoxy) is 3. The Hall–Kier alpha value is -4.19. The van der Waals surface area contributed by atoms with Gasteiger partial charge in [-0.15, -0.1) is 0 Å². The Bertz CT molecular complexity index is 1640. The van der Waals surface area contributed by atoms with Crippen LogP contribution in [0.2, 0.25) is 0 Å². The van der Waals surface area contributed by atoms with E-state index in [0.717, 1.165) is 128 Å². The summed E-state index contributed by atoms with van der Waals surface area (Å²) in [7, 11) is 0. The molecule has 6 nitrogen and oxygen atoms in total. The summed E-state index contributed by atoms with van der Waals surface area (Å²) < 4.78 is 16.9. The number of hydrogen-bond donors (Lipinski definition) is 0. The molecule has 0 aromatic heterocycles. The minimum Gasteiger partial charge on any atom is -0.462 e. The smallest absolute Gasteiger partial charge is 0.306 e. The van der Waals surface area contributed by atoms with Crippen molar-refractivity contribution in [2.75, 3.05) is 13.2 Å². The lowest BCUT2D eigenvalue weighted by atomic mass is 10.1. The van der Waals surface area contributed by atoms with Crippen LogP contribution in [0.3, 0.4) is 0 Å². The lowest BCUT2D eigenvalue weighted by Crippen LogP contribution is -2.30. The summed E-state index contributed by atoms with van der Waals surface area (Å²) in [4.78, 5) is 38.4. The summed E-state index contributed by atoms with van der Waals surface area (Å²) in [5, 5.41) is 0. The SMILES string of the molecule is CC/C=C\C/C=C\C/C=C\C/C=C\C/C=C\C/C=C\CCCCCCC(=O)OCC(COC(=O)CCCCCCCCC/C=C\C/C=C\CCCCC)OC(=O)CCCCCCCCCCC/C=C\C/C=C\CCCCCCC. The van der Waals surface area contributed by atoms with Crippen molar-refractivity contribution in [2.45, 2.75) is 309 Å². The Morgan fingerprint density at radius 3 is 0.797 bits per heavy atom. The maximum atomic E-state index is 12.9. The molecule has 0 aliphatic heterocycles. The average Bonchev–Trinajstić information content (AvgIpc) is 3.45. The van der Waals surface area contributed by atoms with Gasteiger partial charge in [0.15, 0.2) is 6.10 Å². The van der Waals surface area contributed by atoms with Crippen LogP contribution in [0.25, 0.3) is 0 Å². The van der Waals surface area contributed by atoms with Crippen LogP contribution in [0.15, 0.2) is 122 Å². The monoisotopic (exact) mass is 1090 g/mol. The first-order valence-electron chi connectivity index (χ1n) is 33.0. The minimum atomic E-state index is -0.800. The number of hydrogen-bond acceptors (Lipinski definition) is 6. The predicted molar refractivity (Wildman–Crippen MR) is 343 cm³/mol. The van der Waals surface area contributed by atoms with Gasteiger partial charge in [0.1, 0.15) is 13.2 Å². The highest BCUT2D eigenvalue weighted by Crippen LogP contribution is 2.15. The molecule has 0 amide bonds. The molecule has 0 spiro atoms. The van der Waals surface area contributed by atoms with Gasteiger partial charge in [0, 0.05) is 19.3 Å². The van der Waals surface area contributed by atoms with Crippen molar-refractivity contribution in [3.05, 3.63) is 122 Å². The van der Waals surface area contributed by atoms with Crippen molar-refractivity contribution in [1.29, 1.82) is 0 Å². The number of esters is 3. The Balaban J connectivity index is 4.46. The third-order valence-corrected chi connectivity index (χ3v) is 13.9. The van der Waals surface area contributed by atoms with Crippen LogP contribution in [0.4, 0.5) is 0 Å². The standard InChI is InChI=1S/C73H122O6/c1-4-7-10-13-16-19-22-25-28-31-33-35-36-38-39-42-45-48-51-54-57-60-63-66-72(75)78-69-70(68-77-71(74)65-62-59-56-53-50-47-44-41-30-27-24-21-18-15-12-9-6-3)79-73(76)67-64-61-58-55-52-49-46-43-40-37-34-32-29-26-23-20-17-14-11-8-5-2/h7,10,16,18-19,21,23,25-28,30,32-35,38-39,45,48,70H,4-6,8-9,11-15,17,20,22,24,29,31,36-37,40-44,46-47,49-69H2,1-3H3/b10-7-,19-16-,21-18-,26-23-,28-25-,30-27-,34-32-,35-33-,39-38-,48-45-. The molecule has 0 radical (unpaired) electrons. The molecule has 0 bridgehead atoms. The molecule has 0 fully saturated rings. The molecule has 0 saturated carbocycles. The topological polar surface area (TPSA) is 78.9 Å². The Morgan fingerprint density at radius 1 is 0.266 bits per heavy atom. The van der Waals surface area contributed by atoms with Crippen molar-refractivity contribution in [3.63, 3.8) is 0 Å². The van der Waals surface area contributed by atoms with Crippen molar-refractivity contribution in [1.82, 2.24) is 0 Å². The third-order valence-electron chi connectivity index (χ3n) is 13.9.